The average molecular weight is 537 g/mol. The van der Waals surface area contributed by atoms with E-state index in [1.54, 1.807) is 4.90 Å². The topological polar surface area (TPSA) is 38.8 Å². The van der Waals surface area contributed by atoms with Gasteiger partial charge < -0.3 is 9.47 Å². The largest absolute Gasteiger partial charge is 0.489 e. The molecule has 0 bridgehead atoms. The molecule has 4 rings (SSSR count). The molecule has 29 heavy (non-hydrogen) atoms. The Morgan fingerprint density at radius 3 is 2.66 bits per heavy atom. The molecule has 1 amide bonds. The van der Waals surface area contributed by atoms with Crippen LogP contribution in [0.5, 0.6) is 5.75 Å². The van der Waals surface area contributed by atoms with Gasteiger partial charge in [0.25, 0.3) is 5.91 Å². The van der Waals surface area contributed by atoms with Crippen molar-refractivity contribution in [3.63, 3.8) is 0 Å². The van der Waals surface area contributed by atoms with Crippen molar-refractivity contribution in [1.82, 2.24) is 4.90 Å². The van der Waals surface area contributed by atoms with Gasteiger partial charge in [0.2, 0.25) is 0 Å². The lowest BCUT2D eigenvalue weighted by atomic mass is 10.2. The SMILES string of the molecule is O=C1/C(=C/c2ccc(OCc3ccc(I)cc3)cc2)SC(=S)N1C[C@@H]1CCCO1. The van der Waals surface area contributed by atoms with Gasteiger partial charge in [-0.25, -0.2) is 0 Å². The quantitative estimate of drug-likeness (QED) is 0.286. The van der Waals surface area contributed by atoms with Crippen molar-refractivity contribution in [3.05, 3.63) is 68.1 Å². The number of carbonyl (C=O) groups is 1. The zero-order valence-electron chi connectivity index (χ0n) is 15.7. The average Bonchev–Trinajstić information content (AvgIpc) is 3.33. The highest BCUT2D eigenvalue weighted by Crippen LogP contribution is 2.33. The van der Waals surface area contributed by atoms with Gasteiger partial charge in [0.1, 0.15) is 16.7 Å². The lowest BCUT2D eigenvalue weighted by Gasteiger charge is -2.18. The molecular weight excluding hydrogens is 517 g/mol. The summed E-state index contributed by atoms with van der Waals surface area (Å²) in [5.41, 5.74) is 2.08. The fraction of sp³-hybridized carbons (Fsp3) is 0.273. The third kappa shape index (κ3) is 5.39. The van der Waals surface area contributed by atoms with Gasteiger partial charge in [0.05, 0.1) is 17.6 Å². The number of thioether (sulfide) groups is 1. The Morgan fingerprint density at radius 2 is 1.97 bits per heavy atom. The number of halogens is 1. The monoisotopic (exact) mass is 537 g/mol. The summed E-state index contributed by atoms with van der Waals surface area (Å²) in [7, 11) is 0. The molecule has 0 saturated carbocycles. The van der Waals surface area contributed by atoms with Crippen LogP contribution in [0.25, 0.3) is 6.08 Å². The van der Waals surface area contributed by atoms with E-state index in [1.807, 2.05) is 30.3 Å². The molecular formula is C22H20INO3S2. The van der Waals surface area contributed by atoms with Crippen molar-refractivity contribution < 1.29 is 14.3 Å². The normalized spacial score (nSPS) is 20.7. The smallest absolute Gasteiger partial charge is 0.266 e. The van der Waals surface area contributed by atoms with Crippen LogP contribution in [0.2, 0.25) is 0 Å². The van der Waals surface area contributed by atoms with E-state index in [0.717, 1.165) is 36.3 Å². The Balaban J connectivity index is 1.37. The summed E-state index contributed by atoms with van der Waals surface area (Å²) in [6.45, 7) is 1.85. The first-order valence-corrected chi connectivity index (χ1v) is 11.7. The Morgan fingerprint density at radius 1 is 1.21 bits per heavy atom. The highest BCUT2D eigenvalue weighted by Gasteiger charge is 2.34. The van der Waals surface area contributed by atoms with Gasteiger partial charge in [-0.15, -0.1) is 0 Å². The predicted octanol–water partition coefficient (Wildman–Crippen LogP) is 5.25. The van der Waals surface area contributed by atoms with Crippen LogP contribution >= 0.6 is 46.6 Å². The van der Waals surface area contributed by atoms with Crippen LogP contribution in [0, 0.1) is 3.57 Å². The van der Waals surface area contributed by atoms with Gasteiger partial charge in [0, 0.05) is 10.2 Å². The van der Waals surface area contributed by atoms with Crippen LogP contribution in [0.3, 0.4) is 0 Å². The van der Waals surface area contributed by atoms with Gasteiger partial charge in [-0.05, 0) is 76.9 Å². The van der Waals surface area contributed by atoms with E-state index in [-0.39, 0.29) is 12.0 Å². The molecule has 150 valence electrons. The Labute approximate surface area is 193 Å². The minimum absolute atomic E-state index is 0.0328. The minimum atomic E-state index is -0.0328. The maximum absolute atomic E-state index is 12.7. The molecule has 0 aromatic heterocycles. The molecule has 2 heterocycles. The molecule has 0 radical (unpaired) electrons. The number of rotatable bonds is 6. The number of hydrogen-bond acceptors (Lipinski definition) is 5. The molecule has 2 aliphatic heterocycles. The van der Waals surface area contributed by atoms with Crippen molar-refractivity contribution in [2.45, 2.75) is 25.6 Å². The molecule has 1 atom stereocenters. The van der Waals surface area contributed by atoms with Gasteiger partial charge in [-0.2, -0.15) is 0 Å². The number of benzene rings is 2. The van der Waals surface area contributed by atoms with Crippen molar-refractivity contribution in [2.24, 2.45) is 0 Å². The van der Waals surface area contributed by atoms with E-state index in [9.17, 15) is 4.79 Å². The van der Waals surface area contributed by atoms with Crippen LogP contribution in [0.15, 0.2) is 53.4 Å². The lowest BCUT2D eigenvalue weighted by Crippen LogP contribution is -2.35. The zero-order valence-corrected chi connectivity index (χ0v) is 19.5. The minimum Gasteiger partial charge on any atom is -0.489 e. The van der Waals surface area contributed by atoms with E-state index in [4.69, 9.17) is 21.7 Å². The third-order valence-electron chi connectivity index (χ3n) is 4.78. The van der Waals surface area contributed by atoms with Crippen molar-refractivity contribution in [3.8, 4) is 5.75 Å². The van der Waals surface area contributed by atoms with Crippen molar-refractivity contribution >= 4 is 62.9 Å². The Bertz CT molecular complexity index is 922. The Hall–Kier alpha value is -1.42. The second-order valence-electron chi connectivity index (χ2n) is 6.91. The standard InChI is InChI=1S/C22H20INO3S2/c23-17-7-3-16(4-8-17)14-27-18-9-5-15(6-10-18)12-20-21(25)24(22(28)29-20)13-19-2-1-11-26-19/h3-10,12,19H,1-2,11,13-14H2/b20-12-/t19-/m0/s1. The summed E-state index contributed by atoms with van der Waals surface area (Å²) in [4.78, 5) is 15.0. The van der Waals surface area contributed by atoms with Gasteiger partial charge in [-0.3, -0.25) is 9.69 Å². The van der Waals surface area contributed by atoms with Crippen LogP contribution in [0.1, 0.15) is 24.0 Å². The first-order chi connectivity index (χ1) is 14.1. The zero-order chi connectivity index (χ0) is 20.2. The molecule has 2 fully saturated rings. The number of amides is 1. The molecule has 0 aliphatic carbocycles. The maximum atomic E-state index is 12.7. The second kappa shape index (κ2) is 9.59. The molecule has 0 spiro atoms. The van der Waals surface area contributed by atoms with E-state index >= 15 is 0 Å². The number of nitrogens with zero attached hydrogens (tertiary/aromatic N) is 1. The molecule has 2 aliphatic rings. The summed E-state index contributed by atoms with van der Waals surface area (Å²) >= 11 is 9.05. The Kier molecular flexibility index (Phi) is 6.89. The molecule has 2 aromatic carbocycles. The van der Waals surface area contributed by atoms with E-state index < -0.39 is 0 Å². The van der Waals surface area contributed by atoms with E-state index in [0.29, 0.717) is 22.4 Å². The van der Waals surface area contributed by atoms with Crippen LogP contribution in [-0.4, -0.2) is 34.4 Å². The second-order valence-corrected chi connectivity index (χ2v) is 9.83. The van der Waals surface area contributed by atoms with Crippen LogP contribution in [-0.2, 0) is 16.1 Å². The first kappa shape index (κ1) is 20.8. The van der Waals surface area contributed by atoms with Gasteiger partial charge in [0.15, 0.2) is 0 Å². The molecule has 0 unspecified atom stereocenters. The highest BCUT2D eigenvalue weighted by atomic mass is 127. The summed E-state index contributed by atoms with van der Waals surface area (Å²) in [6, 6.07) is 16.0. The summed E-state index contributed by atoms with van der Waals surface area (Å²) < 4.78 is 13.3. The van der Waals surface area contributed by atoms with Crippen molar-refractivity contribution in [1.29, 1.82) is 0 Å². The number of ether oxygens (including phenoxy) is 2. The maximum Gasteiger partial charge on any atom is 0.266 e. The van der Waals surface area contributed by atoms with Crippen molar-refractivity contribution in [2.75, 3.05) is 13.2 Å². The number of thiocarbonyl (C=S) groups is 1. The fourth-order valence-electron chi connectivity index (χ4n) is 3.21. The predicted molar refractivity (Wildman–Crippen MR) is 129 cm³/mol. The summed E-state index contributed by atoms with van der Waals surface area (Å²) in [6.07, 6.45) is 4.02. The van der Waals surface area contributed by atoms with Gasteiger partial charge >= 0.3 is 0 Å². The highest BCUT2D eigenvalue weighted by molar-refractivity contribution is 14.1. The molecule has 2 aromatic rings. The molecule has 4 nitrogen and oxygen atoms in total. The fourth-order valence-corrected chi connectivity index (χ4v) is 4.84. The van der Waals surface area contributed by atoms with E-state index in [2.05, 4.69) is 46.9 Å². The lowest BCUT2D eigenvalue weighted by molar-refractivity contribution is -0.123. The molecule has 7 heteroatoms. The van der Waals surface area contributed by atoms with Gasteiger partial charge in [-0.1, -0.05) is 48.2 Å². The number of hydrogen-bond donors (Lipinski definition) is 0. The third-order valence-corrected chi connectivity index (χ3v) is 6.88. The molecule has 2 saturated heterocycles. The molecule has 0 N–H and O–H groups in total. The number of carbonyl (C=O) groups excluding carboxylic acids is 1. The van der Waals surface area contributed by atoms with E-state index in [1.165, 1.54) is 15.3 Å². The first-order valence-electron chi connectivity index (χ1n) is 9.43. The summed E-state index contributed by atoms with van der Waals surface area (Å²) in [5.74, 6) is 0.765. The summed E-state index contributed by atoms with van der Waals surface area (Å²) in [5, 5.41) is 0. The van der Waals surface area contributed by atoms with Crippen LogP contribution < -0.4 is 4.74 Å². The van der Waals surface area contributed by atoms with Crippen LogP contribution in [0.4, 0.5) is 0 Å².